The van der Waals surface area contributed by atoms with Crippen LogP contribution in [0.1, 0.15) is 44.9 Å². The fourth-order valence-corrected chi connectivity index (χ4v) is 6.02. The molecule has 4 saturated carbocycles. The SMILES string of the molecule is O=C(C1C2CC3CC(C2)CC1C3)N1CCC(Br)CC1. The molecule has 0 N–H and O–H groups in total. The van der Waals surface area contributed by atoms with Crippen molar-refractivity contribution >= 4 is 21.8 Å². The van der Waals surface area contributed by atoms with Crippen molar-refractivity contribution in [2.45, 2.75) is 49.8 Å². The van der Waals surface area contributed by atoms with Gasteiger partial charge >= 0.3 is 0 Å². The summed E-state index contributed by atoms with van der Waals surface area (Å²) in [5.41, 5.74) is 0. The number of piperidine rings is 1. The number of carbonyl (C=O) groups excluding carboxylic acids is 1. The maximum Gasteiger partial charge on any atom is 0.226 e. The van der Waals surface area contributed by atoms with Gasteiger partial charge in [0, 0.05) is 23.8 Å². The molecule has 0 spiro atoms. The number of halogens is 1. The lowest BCUT2D eigenvalue weighted by Gasteiger charge is -2.54. The standard InChI is InChI=1S/C16H24BrNO/c17-14-1-3-18(4-2-14)16(19)15-12-6-10-5-11(8-12)9-13(15)7-10/h10-15H,1-9H2. The van der Waals surface area contributed by atoms with E-state index in [2.05, 4.69) is 20.8 Å². The molecule has 1 saturated heterocycles. The topological polar surface area (TPSA) is 20.3 Å². The van der Waals surface area contributed by atoms with Crippen LogP contribution in [0.5, 0.6) is 0 Å². The van der Waals surface area contributed by atoms with Gasteiger partial charge in [-0.1, -0.05) is 15.9 Å². The summed E-state index contributed by atoms with van der Waals surface area (Å²) in [5, 5.41) is 0. The van der Waals surface area contributed by atoms with Gasteiger partial charge in [-0.2, -0.15) is 0 Å². The van der Waals surface area contributed by atoms with Crippen LogP contribution in [0.3, 0.4) is 0 Å². The highest BCUT2D eigenvalue weighted by atomic mass is 79.9. The highest BCUT2D eigenvalue weighted by Crippen LogP contribution is 2.56. The van der Waals surface area contributed by atoms with E-state index < -0.39 is 0 Å². The average molecular weight is 326 g/mol. The minimum atomic E-state index is 0.402. The molecule has 0 radical (unpaired) electrons. The minimum absolute atomic E-state index is 0.402. The van der Waals surface area contributed by atoms with E-state index >= 15 is 0 Å². The molecule has 19 heavy (non-hydrogen) atoms. The van der Waals surface area contributed by atoms with Crippen molar-refractivity contribution in [3.05, 3.63) is 0 Å². The van der Waals surface area contributed by atoms with Crippen molar-refractivity contribution < 1.29 is 4.79 Å². The summed E-state index contributed by atoms with van der Waals surface area (Å²) in [6, 6.07) is 0. The van der Waals surface area contributed by atoms with E-state index in [9.17, 15) is 4.79 Å². The second-order valence-electron chi connectivity index (χ2n) is 7.46. The molecule has 5 aliphatic rings. The first-order chi connectivity index (χ1) is 9.20. The molecule has 0 aromatic heterocycles. The molecule has 4 bridgehead atoms. The summed E-state index contributed by atoms with van der Waals surface area (Å²) >= 11 is 3.69. The van der Waals surface area contributed by atoms with Gasteiger partial charge in [-0.25, -0.2) is 0 Å². The number of rotatable bonds is 1. The molecule has 3 heteroatoms. The number of carbonyl (C=O) groups is 1. The highest BCUT2D eigenvalue weighted by Gasteiger charge is 2.51. The normalized spacial score (nSPS) is 45.7. The third-order valence-electron chi connectivity index (χ3n) is 6.25. The van der Waals surface area contributed by atoms with E-state index in [4.69, 9.17) is 0 Å². The first-order valence-corrected chi connectivity index (χ1v) is 9.05. The van der Waals surface area contributed by atoms with Gasteiger partial charge in [-0.15, -0.1) is 0 Å². The molecule has 0 aromatic carbocycles. The van der Waals surface area contributed by atoms with Crippen LogP contribution in [0.2, 0.25) is 0 Å². The molecule has 106 valence electrons. The predicted octanol–water partition coefficient (Wildman–Crippen LogP) is 3.44. The van der Waals surface area contributed by atoms with E-state index in [0.29, 0.717) is 16.7 Å². The maximum atomic E-state index is 12.9. The molecule has 0 atom stereocenters. The third-order valence-corrected chi connectivity index (χ3v) is 7.16. The molecule has 5 rings (SSSR count). The fraction of sp³-hybridized carbons (Fsp3) is 0.938. The fourth-order valence-electron chi connectivity index (χ4n) is 5.61. The van der Waals surface area contributed by atoms with Crippen molar-refractivity contribution in [3.8, 4) is 0 Å². The summed E-state index contributed by atoms with van der Waals surface area (Å²) in [6.07, 6.45) is 9.19. The zero-order valence-corrected chi connectivity index (χ0v) is 13.1. The first-order valence-electron chi connectivity index (χ1n) is 8.13. The molecular weight excluding hydrogens is 302 g/mol. The van der Waals surface area contributed by atoms with Crippen molar-refractivity contribution in [2.24, 2.45) is 29.6 Å². The van der Waals surface area contributed by atoms with Gasteiger partial charge in [-0.3, -0.25) is 4.79 Å². The summed E-state index contributed by atoms with van der Waals surface area (Å²) in [7, 11) is 0. The van der Waals surface area contributed by atoms with Gasteiger partial charge in [0.1, 0.15) is 0 Å². The number of alkyl halides is 1. The second kappa shape index (κ2) is 4.75. The molecule has 1 heterocycles. The van der Waals surface area contributed by atoms with E-state index in [0.717, 1.165) is 49.6 Å². The van der Waals surface area contributed by atoms with Gasteiger partial charge in [0.2, 0.25) is 5.91 Å². The number of hydrogen-bond donors (Lipinski definition) is 0. The summed E-state index contributed by atoms with van der Waals surface area (Å²) in [6.45, 7) is 1.97. The Bertz CT molecular complexity index is 347. The predicted molar refractivity (Wildman–Crippen MR) is 79.1 cm³/mol. The Balaban J connectivity index is 1.48. The van der Waals surface area contributed by atoms with Crippen molar-refractivity contribution in [2.75, 3.05) is 13.1 Å². The van der Waals surface area contributed by atoms with Gasteiger partial charge in [-0.05, 0) is 68.6 Å². The minimum Gasteiger partial charge on any atom is -0.342 e. The van der Waals surface area contributed by atoms with Gasteiger partial charge in [0.25, 0.3) is 0 Å². The van der Waals surface area contributed by atoms with Crippen molar-refractivity contribution in [1.82, 2.24) is 4.90 Å². The Morgan fingerprint density at radius 1 is 0.895 bits per heavy atom. The second-order valence-corrected chi connectivity index (χ2v) is 8.75. The molecule has 1 amide bonds. The van der Waals surface area contributed by atoms with Crippen LogP contribution in [-0.2, 0) is 4.79 Å². The maximum absolute atomic E-state index is 12.9. The zero-order chi connectivity index (χ0) is 13.0. The molecule has 0 aromatic rings. The lowest BCUT2D eigenvalue weighted by Crippen LogP contribution is -2.53. The Morgan fingerprint density at radius 2 is 1.42 bits per heavy atom. The van der Waals surface area contributed by atoms with E-state index in [1.165, 1.54) is 32.1 Å². The van der Waals surface area contributed by atoms with Gasteiger partial charge in [0.05, 0.1) is 0 Å². The summed E-state index contributed by atoms with van der Waals surface area (Å²) in [4.78, 5) is 15.7. The van der Waals surface area contributed by atoms with Crippen molar-refractivity contribution in [1.29, 1.82) is 0 Å². The number of nitrogens with zero attached hydrogens (tertiary/aromatic N) is 1. The molecular formula is C16H24BrNO. The van der Waals surface area contributed by atoms with Crippen LogP contribution < -0.4 is 0 Å². The Morgan fingerprint density at radius 3 is 1.95 bits per heavy atom. The van der Waals surface area contributed by atoms with Crippen LogP contribution in [0.25, 0.3) is 0 Å². The number of likely N-dealkylation sites (tertiary alicyclic amines) is 1. The Labute approximate surface area is 124 Å². The number of hydrogen-bond acceptors (Lipinski definition) is 1. The van der Waals surface area contributed by atoms with E-state index in [1.54, 1.807) is 0 Å². The molecule has 5 fully saturated rings. The lowest BCUT2D eigenvalue weighted by molar-refractivity contribution is -0.149. The summed E-state index contributed by atoms with van der Waals surface area (Å²) in [5.74, 6) is 4.35. The lowest BCUT2D eigenvalue weighted by atomic mass is 9.51. The zero-order valence-electron chi connectivity index (χ0n) is 11.6. The summed E-state index contributed by atoms with van der Waals surface area (Å²) < 4.78 is 0. The molecule has 2 nitrogen and oxygen atoms in total. The van der Waals surface area contributed by atoms with E-state index in [-0.39, 0.29) is 0 Å². The van der Waals surface area contributed by atoms with Crippen LogP contribution in [0, 0.1) is 29.6 Å². The largest absolute Gasteiger partial charge is 0.342 e. The number of amides is 1. The first kappa shape index (κ1) is 12.7. The quantitative estimate of drug-likeness (QED) is 0.676. The Kier molecular flexibility index (Phi) is 3.17. The smallest absolute Gasteiger partial charge is 0.226 e. The van der Waals surface area contributed by atoms with Crippen LogP contribution in [-0.4, -0.2) is 28.7 Å². The van der Waals surface area contributed by atoms with Crippen LogP contribution in [0.4, 0.5) is 0 Å². The van der Waals surface area contributed by atoms with E-state index in [1.807, 2.05) is 0 Å². The molecule has 1 aliphatic heterocycles. The van der Waals surface area contributed by atoms with Gasteiger partial charge < -0.3 is 4.90 Å². The molecule has 4 aliphatic carbocycles. The van der Waals surface area contributed by atoms with Crippen LogP contribution in [0.15, 0.2) is 0 Å². The molecule has 0 unspecified atom stereocenters. The highest BCUT2D eigenvalue weighted by molar-refractivity contribution is 9.09. The monoisotopic (exact) mass is 325 g/mol. The van der Waals surface area contributed by atoms with Crippen LogP contribution >= 0.6 is 15.9 Å². The average Bonchev–Trinajstić information content (AvgIpc) is 2.38. The third kappa shape index (κ3) is 2.16. The Hall–Kier alpha value is -0.0500. The van der Waals surface area contributed by atoms with Gasteiger partial charge in [0.15, 0.2) is 0 Å². The van der Waals surface area contributed by atoms with Crippen molar-refractivity contribution in [3.63, 3.8) is 0 Å².